The second-order valence-corrected chi connectivity index (χ2v) is 7.67. The molecule has 2 aromatic heterocycles. The molecule has 0 atom stereocenters. The van der Waals surface area contributed by atoms with Crippen LogP contribution in [0, 0.1) is 9.39 Å². The summed E-state index contributed by atoms with van der Waals surface area (Å²) in [6.45, 7) is 3.20. The average molecular weight is 469 g/mol. The van der Waals surface area contributed by atoms with Crippen molar-refractivity contribution in [2.45, 2.75) is 19.4 Å². The van der Waals surface area contributed by atoms with Crippen LogP contribution in [0.1, 0.15) is 24.4 Å². The Hall–Kier alpha value is -2.20. The Morgan fingerprint density at radius 3 is 2.85 bits per heavy atom. The molecule has 1 amide bonds. The minimum absolute atomic E-state index is 0.00444. The summed E-state index contributed by atoms with van der Waals surface area (Å²) in [5, 5.41) is 15.9. The molecule has 0 fully saturated rings. The highest BCUT2D eigenvalue weighted by molar-refractivity contribution is 14.1. The lowest BCUT2D eigenvalue weighted by Gasteiger charge is -2.17. The second-order valence-electron chi connectivity index (χ2n) is 6.42. The Morgan fingerprint density at radius 2 is 2.15 bits per heavy atom. The van der Waals surface area contributed by atoms with Crippen LogP contribution in [0.15, 0.2) is 41.1 Å². The first-order chi connectivity index (χ1) is 12.2. The predicted octanol–water partition coefficient (Wildman–Crippen LogP) is 3.82. The van der Waals surface area contributed by atoms with Crippen molar-refractivity contribution in [3.63, 3.8) is 0 Å². The Balaban J connectivity index is 2.00. The van der Waals surface area contributed by atoms with Crippen LogP contribution in [0.3, 0.4) is 0 Å². The van der Waals surface area contributed by atoms with E-state index in [-0.39, 0.29) is 18.0 Å². The summed E-state index contributed by atoms with van der Waals surface area (Å²) in [6.07, 6.45) is 3.08. The molecule has 0 saturated heterocycles. The smallest absolute Gasteiger partial charge is 0.289 e. The zero-order chi connectivity index (χ0) is 18.9. The number of nitrogens with zero attached hydrogens (tertiary/aromatic N) is 1. The van der Waals surface area contributed by atoms with E-state index in [9.17, 15) is 14.3 Å². The monoisotopic (exact) mass is 469 g/mol. The third-order valence-corrected chi connectivity index (χ3v) is 4.24. The van der Waals surface area contributed by atoms with Gasteiger partial charge in [-0.2, -0.15) is 0 Å². The number of aliphatic hydroxyl groups is 1. The quantitative estimate of drug-likeness (QED) is 0.495. The first kappa shape index (κ1) is 18.6. The van der Waals surface area contributed by atoms with Gasteiger partial charge in [-0.25, -0.2) is 4.39 Å². The fraction of sp³-hybridized carbons (Fsp3) is 0.222. The van der Waals surface area contributed by atoms with Gasteiger partial charge < -0.3 is 20.2 Å². The maximum absolute atomic E-state index is 14.2. The van der Waals surface area contributed by atoms with Crippen LogP contribution in [-0.2, 0) is 0 Å². The number of fused-ring (bicyclic) bond motifs is 1. The molecule has 136 valence electrons. The number of rotatable bonds is 5. The largest absolute Gasteiger partial charge is 0.448 e. The Bertz CT molecular complexity index is 966. The van der Waals surface area contributed by atoms with Crippen LogP contribution < -0.4 is 10.6 Å². The molecule has 0 spiro atoms. The molecule has 6 nitrogen and oxygen atoms in total. The lowest BCUT2D eigenvalue weighted by atomic mass is 10.1. The van der Waals surface area contributed by atoms with Crippen molar-refractivity contribution in [1.82, 2.24) is 10.3 Å². The molecule has 26 heavy (non-hydrogen) atoms. The molecule has 0 aliphatic heterocycles. The lowest BCUT2D eigenvalue weighted by molar-refractivity contribution is 0.0682. The zero-order valence-corrected chi connectivity index (χ0v) is 16.3. The Labute approximate surface area is 162 Å². The average Bonchev–Trinajstić information content (AvgIpc) is 2.93. The molecule has 0 aliphatic carbocycles. The van der Waals surface area contributed by atoms with E-state index < -0.39 is 17.3 Å². The van der Waals surface area contributed by atoms with E-state index in [2.05, 4.69) is 15.6 Å². The third kappa shape index (κ3) is 4.13. The summed E-state index contributed by atoms with van der Waals surface area (Å²) in [7, 11) is 0. The van der Waals surface area contributed by atoms with Gasteiger partial charge in [-0.15, -0.1) is 0 Å². The van der Waals surface area contributed by atoms with E-state index in [0.717, 1.165) is 3.57 Å². The van der Waals surface area contributed by atoms with Gasteiger partial charge in [-0.1, -0.05) is 0 Å². The van der Waals surface area contributed by atoms with Crippen LogP contribution in [-0.4, -0.2) is 28.1 Å². The number of hydrogen-bond donors (Lipinski definition) is 3. The summed E-state index contributed by atoms with van der Waals surface area (Å²) in [5.74, 6) is -0.968. The molecule has 1 aromatic carbocycles. The van der Waals surface area contributed by atoms with E-state index in [1.807, 2.05) is 22.6 Å². The number of furan rings is 1. The topological polar surface area (TPSA) is 87.4 Å². The van der Waals surface area contributed by atoms with Crippen molar-refractivity contribution in [3.8, 4) is 0 Å². The van der Waals surface area contributed by atoms with Crippen molar-refractivity contribution in [3.05, 3.63) is 51.8 Å². The van der Waals surface area contributed by atoms with E-state index >= 15 is 0 Å². The number of carbonyl (C=O) groups is 1. The van der Waals surface area contributed by atoms with E-state index in [0.29, 0.717) is 16.7 Å². The Kier molecular flexibility index (Phi) is 5.15. The van der Waals surface area contributed by atoms with Crippen LogP contribution >= 0.6 is 22.6 Å². The van der Waals surface area contributed by atoms with Crippen molar-refractivity contribution < 1.29 is 18.7 Å². The van der Waals surface area contributed by atoms with Gasteiger partial charge in [0.05, 0.1) is 16.7 Å². The number of carbonyl (C=O) groups excluding carboxylic acids is 1. The highest BCUT2D eigenvalue weighted by atomic mass is 127. The number of benzene rings is 1. The van der Waals surface area contributed by atoms with Crippen LogP contribution in [0.25, 0.3) is 11.0 Å². The van der Waals surface area contributed by atoms with Gasteiger partial charge in [0.25, 0.3) is 5.91 Å². The maximum atomic E-state index is 14.2. The molecule has 0 aliphatic rings. The van der Waals surface area contributed by atoms with Crippen molar-refractivity contribution in [2.24, 2.45) is 0 Å². The number of aromatic nitrogens is 1. The number of halogens is 2. The van der Waals surface area contributed by atoms with E-state index in [4.69, 9.17) is 4.42 Å². The summed E-state index contributed by atoms with van der Waals surface area (Å²) in [5.41, 5.74) is -0.0873. The molecule has 8 heteroatoms. The van der Waals surface area contributed by atoms with Gasteiger partial charge in [-0.05, 0) is 60.7 Å². The summed E-state index contributed by atoms with van der Waals surface area (Å²) >= 11 is 2.02. The Morgan fingerprint density at radius 1 is 1.38 bits per heavy atom. The standard InChI is InChI=1S/C18H17FIN3O3/c1-18(2,25)9-22-17(24)16-15(11-8-21-6-5-14(11)26-16)23-13-4-3-10(20)7-12(13)19/h3-8,23,25H,9H2,1-2H3,(H,22,24). The molecular formula is C18H17FIN3O3. The fourth-order valence-electron chi connectivity index (χ4n) is 2.33. The molecule has 2 heterocycles. The minimum atomic E-state index is -1.07. The number of nitrogens with one attached hydrogen (secondary N) is 2. The van der Waals surface area contributed by atoms with Gasteiger partial charge in [-0.3, -0.25) is 9.78 Å². The predicted molar refractivity (Wildman–Crippen MR) is 105 cm³/mol. The number of hydrogen-bond acceptors (Lipinski definition) is 5. The minimum Gasteiger partial charge on any atom is -0.448 e. The maximum Gasteiger partial charge on any atom is 0.289 e. The number of pyridine rings is 1. The van der Waals surface area contributed by atoms with Crippen molar-refractivity contribution >= 4 is 50.8 Å². The molecule has 3 aromatic rings. The first-order valence-electron chi connectivity index (χ1n) is 7.84. The molecule has 0 radical (unpaired) electrons. The third-order valence-electron chi connectivity index (χ3n) is 3.57. The summed E-state index contributed by atoms with van der Waals surface area (Å²) in [4.78, 5) is 16.6. The van der Waals surface area contributed by atoms with Gasteiger partial charge in [0, 0.05) is 22.5 Å². The van der Waals surface area contributed by atoms with E-state index in [1.54, 1.807) is 44.4 Å². The molecule has 0 saturated carbocycles. The van der Waals surface area contributed by atoms with Gasteiger partial charge >= 0.3 is 0 Å². The van der Waals surface area contributed by atoms with Gasteiger partial charge in [0.1, 0.15) is 17.1 Å². The second kappa shape index (κ2) is 7.20. The summed E-state index contributed by atoms with van der Waals surface area (Å²) in [6, 6.07) is 6.35. The zero-order valence-electron chi connectivity index (χ0n) is 14.1. The van der Waals surface area contributed by atoms with Gasteiger partial charge in [0.15, 0.2) is 0 Å². The summed E-state index contributed by atoms with van der Waals surface area (Å²) < 4.78 is 20.6. The molecule has 0 unspecified atom stereocenters. The van der Waals surface area contributed by atoms with Crippen LogP contribution in [0.2, 0.25) is 0 Å². The molecular weight excluding hydrogens is 452 g/mol. The normalized spacial score (nSPS) is 11.6. The van der Waals surface area contributed by atoms with E-state index in [1.165, 1.54) is 6.07 Å². The molecule has 0 bridgehead atoms. The van der Waals surface area contributed by atoms with Gasteiger partial charge in [0.2, 0.25) is 5.76 Å². The molecule has 3 rings (SSSR count). The fourth-order valence-corrected chi connectivity index (χ4v) is 2.78. The lowest BCUT2D eigenvalue weighted by Crippen LogP contribution is -2.38. The first-order valence-corrected chi connectivity index (χ1v) is 8.91. The highest BCUT2D eigenvalue weighted by Gasteiger charge is 2.23. The van der Waals surface area contributed by atoms with Crippen molar-refractivity contribution in [2.75, 3.05) is 11.9 Å². The highest BCUT2D eigenvalue weighted by Crippen LogP contribution is 2.33. The SMILES string of the molecule is CC(C)(O)CNC(=O)c1oc2ccncc2c1Nc1ccc(I)cc1F. The number of amides is 1. The van der Waals surface area contributed by atoms with Crippen molar-refractivity contribution in [1.29, 1.82) is 0 Å². The number of anilines is 2. The van der Waals surface area contributed by atoms with Crippen LogP contribution in [0.5, 0.6) is 0 Å². The van der Waals surface area contributed by atoms with Crippen LogP contribution in [0.4, 0.5) is 15.8 Å². The molecule has 3 N–H and O–H groups in total.